The summed E-state index contributed by atoms with van der Waals surface area (Å²) in [6.45, 7) is -0.645. The summed E-state index contributed by atoms with van der Waals surface area (Å²) in [4.78, 5) is 24.0. The van der Waals surface area contributed by atoms with Crippen molar-refractivity contribution in [2.45, 2.75) is 30.1 Å². The number of nitro groups is 1. The van der Waals surface area contributed by atoms with Crippen LogP contribution >= 0.6 is 0 Å². The van der Waals surface area contributed by atoms with Crippen molar-refractivity contribution in [2.24, 2.45) is 0 Å². The first-order valence-corrected chi connectivity index (χ1v) is 9.46. The Labute approximate surface area is 172 Å². The molecule has 1 aliphatic rings. The van der Waals surface area contributed by atoms with Crippen molar-refractivity contribution in [3.05, 3.63) is 58.7 Å². The molecule has 0 amide bonds. The molecular formula is C17H16N5O6Se. The fraction of sp³-hybridized carbons (Fsp3) is 0.353. The third-order valence-corrected chi connectivity index (χ3v) is 5.67. The van der Waals surface area contributed by atoms with Crippen LogP contribution < -0.4 is 4.59 Å². The Morgan fingerprint density at radius 1 is 1.28 bits per heavy atom. The van der Waals surface area contributed by atoms with Gasteiger partial charge in [-0.1, -0.05) is 0 Å². The number of fused-ring (bicyclic) bond motifs is 1. The first kappa shape index (κ1) is 19.8. The Balaban J connectivity index is 2.03. The topological polar surface area (TPSA) is 157 Å². The molecule has 2 unspecified atom stereocenters. The van der Waals surface area contributed by atoms with Crippen LogP contribution in [0, 0.1) is 10.1 Å². The molecule has 0 bridgehead atoms. The molecule has 1 radical (unpaired) electrons. The van der Waals surface area contributed by atoms with Crippen molar-refractivity contribution in [3.8, 4) is 0 Å². The molecule has 4 rings (SSSR count). The fourth-order valence-electron chi connectivity index (χ4n) is 3.75. The summed E-state index contributed by atoms with van der Waals surface area (Å²) in [7, 11) is 0. The van der Waals surface area contributed by atoms with E-state index in [2.05, 4.69) is 31.0 Å². The van der Waals surface area contributed by atoms with E-state index in [9.17, 15) is 25.4 Å². The third kappa shape index (κ3) is 2.92. The second-order valence-corrected chi connectivity index (χ2v) is 7.40. The van der Waals surface area contributed by atoms with E-state index >= 15 is 0 Å². The molecule has 151 valence electrons. The molecule has 1 saturated heterocycles. The summed E-state index contributed by atoms with van der Waals surface area (Å²) in [6, 6.07) is 6.35. The number of rotatable bonds is 5. The maximum atomic E-state index is 12.2. The van der Waals surface area contributed by atoms with Crippen LogP contribution in [0.5, 0.6) is 0 Å². The SMILES string of the molecule is O=[N+]([O-])C(c1ccccc1)C1(n2cnc3c([Se])ncnc32)O[C@H](CO)[C@@H](O)[C@H]1O. The standard InChI is InChI=1S/C17H16N5O6Se/c23-6-10-12(24)14(25)17(28-10,13(22(26)27)9-4-2-1-3-5-9)21-8-20-11-15(21)18-7-19-16(11)29/h1-5,7-8,10,12-14,23-25H,6H2/t10-,12-,13?,14-,17?/m1/s1. The van der Waals surface area contributed by atoms with Crippen LogP contribution in [0.25, 0.3) is 11.2 Å². The van der Waals surface area contributed by atoms with Crippen LogP contribution in [-0.2, 0) is 10.5 Å². The molecule has 11 nitrogen and oxygen atoms in total. The number of ether oxygens (including phenoxy) is 1. The van der Waals surface area contributed by atoms with E-state index in [4.69, 9.17) is 4.74 Å². The minimum atomic E-state index is -2.12. The number of aliphatic hydroxyl groups is 3. The van der Waals surface area contributed by atoms with E-state index in [1.807, 2.05) is 0 Å². The normalized spacial score (nSPS) is 27.9. The first-order chi connectivity index (χ1) is 13.9. The quantitative estimate of drug-likeness (QED) is 0.230. The van der Waals surface area contributed by atoms with Gasteiger partial charge in [-0.3, -0.25) is 0 Å². The summed E-state index contributed by atoms with van der Waals surface area (Å²) in [6.07, 6.45) is -2.09. The molecule has 1 aliphatic heterocycles. The van der Waals surface area contributed by atoms with Crippen LogP contribution in [0.4, 0.5) is 0 Å². The monoisotopic (exact) mass is 466 g/mol. The molecule has 3 heterocycles. The number of aliphatic hydroxyl groups excluding tert-OH is 3. The minimum absolute atomic E-state index is 0.168. The first-order valence-electron chi connectivity index (χ1n) is 8.60. The van der Waals surface area contributed by atoms with Crippen LogP contribution in [0.3, 0.4) is 0 Å². The van der Waals surface area contributed by atoms with E-state index in [-0.39, 0.29) is 11.2 Å². The second kappa shape index (κ2) is 7.41. The Hall–Kier alpha value is -2.47. The van der Waals surface area contributed by atoms with Crippen LogP contribution in [-0.4, -0.2) is 80.7 Å². The molecule has 12 heteroatoms. The molecule has 0 spiro atoms. The number of benzene rings is 1. The number of aromatic nitrogens is 4. The van der Waals surface area contributed by atoms with Crippen molar-refractivity contribution in [1.82, 2.24) is 19.5 Å². The van der Waals surface area contributed by atoms with Gasteiger partial charge < -0.3 is 0 Å². The van der Waals surface area contributed by atoms with Gasteiger partial charge in [0.15, 0.2) is 0 Å². The fourth-order valence-corrected chi connectivity index (χ4v) is 4.15. The van der Waals surface area contributed by atoms with Gasteiger partial charge in [0.2, 0.25) is 0 Å². The van der Waals surface area contributed by atoms with E-state index in [0.717, 1.165) is 0 Å². The van der Waals surface area contributed by atoms with Crippen molar-refractivity contribution in [1.29, 1.82) is 0 Å². The average molecular weight is 465 g/mol. The Morgan fingerprint density at radius 2 is 2.00 bits per heavy atom. The van der Waals surface area contributed by atoms with Crippen molar-refractivity contribution in [2.75, 3.05) is 6.61 Å². The summed E-state index contributed by atoms with van der Waals surface area (Å²) < 4.78 is 7.49. The van der Waals surface area contributed by atoms with Gasteiger partial charge in [0, 0.05) is 0 Å². The van der Waals surface area contributed by atoms with Crippen LogP contribution in [0.1, 0.15) is 11.6 Å². The molecule has 1 fully saturated rings. The van der Waals surface area contributed by atoms with Crippen LogP contribution in [0.15, 0.2) is 43.0 Å². The second-order valence-electron chi connectivity index (χ2n) is 6.59. The van der Waals surface area contributed by atoms with Gasteiger partial charge in [0.05, 0.1) is 0 Å². The molecule has 0 aliphatic carbocycles. The van der Waals surface area contributed by atoms with Gasteiger partial charge in [-0.25, -0.2) is 0 Å². The van der Waals surface area contributed by atoms with Crippen molar-refractivity contribution in [3.63, 3.8) is 0 Å². The molecule has 5 atom stereocenters. The predicted octanol–water partition coefficient (Wildman–Crippen LogP) is -1.60. The zero-order valence-corrected chi connectivity index (χ0v) is 16.5. The molecule has 3 N–H and O–H groups in total. The predicted molar refractivity (Wildman–Crippen MR) is 98.8 cm³/mol. The van der Waals surface area contributed by atoms with Gasteiger partial charge >= 0.3 is 172 Å². The van der Waals surface area contributed by atoms with Gasteiger partial charge in [-0.15, -0.1) is 0 Å². The molecule has 1 aromatic carbocycles. The van der Waals surface area contributed by atoms with E-state index in [1.54, 1.807) is 18.2 Å². The van der Waals surface area contributed by atoms with Gasteiger partial charge in [0.1, 0.15) is 0 Å². The summed E-state index contributed by atoms with van der Waals surface area (Å²) in [5, 5.41) is 43.3. The zero-order chi connectivity index (χ0) is 20.8. The average Bonchev–Trinajstić information content (AvgIpc) is 3.25. The Kier molecular flexibility index (Phi) is 5.07. The number of imidazole rings is 1. The Morgan fingerprint density at radius 3 is 2.62 bits per heavy atom. The molecular weight excluding hydrogens is 449 g/mol. The summed E-state index contributed by atoms with van der Waals surface area (Å²) in [5.41, 5.74) is -1.39. The molecule has 2 aromatic heterocycles. The van der Waals surface area contributed by atoms with E-state index < -0.39 is 41.6 Å². The number of hydrogen-bond donors (Lipinski definition) is 3. The Bertz CT molecular complexity index is 1050. The molecule has 29 heavy (non-hydrogen) atoms. The van der Waals surface area contributed by atoms with E-state index in [1.165, 1.54) is 29.4 Å². The number of hydrogen-bond acceptors (Lipinski definition) is 9. The van der Waals surface area contributed by atoms with Gasteiger partial charge in [-0.05, 0) is 0 Å². The van der Waals surface area contributed by atoms with Crippen molar-refractivity contribution < 1.29 is 25.0 Å². The van der Waals surface area contributed by atoms with E-state index in [0.29, 0.717) is 10.1 Å². The zero-order valence-electron chi connectivity index (χ0n) is 14.8. The van der Waals surface area contributed by atoms with Gasteiger partial charge in [-0.2, -0.15) is 0 Å². The van der Waals surface area contributed by atoms with Gasteiger partial charge in [0.25, 0.3) is 0 Å². The van der Waals surface area contributed by atoms with Crippen molar-refractivity contribution >= 4 is 31.8 Å². The number of nitrogens with zero attached hydrogens (tertiary/aromatic N) is 5. The molecule has 3 aromatic rings. The summed E-state index contributed by atoms with van der Waals surface area (Å²) >= 11 is 2.73. The molecule has 0 saturated carbocycles. The third-order valence-electron chi connectivity index (χ3n) is 5.04. The van der Waals surface area contributed by atoms with Crippen LogP contribution in [0.2, 0.25) is 0 Å². The maximum absolute atomic E-state index is 12.2. The summed E-state index contributed by atoms with van der Waals surface area (Å²) in [5.74, 6) is 0.